The van der Waals surface area contributed by atoms with Crippen LogP contribution in [0, 0.1) is 0 Å². The van der Waals surface area contributed by atoms with Gasteiger partial charge in [0.25, 0.3) is 0 Å². The zero-order chi connectivity index (χ0) is 20.4. The van der Waals surface area contributed by atoms with Gasteiger partial charge >= 0.3 is 5.97 Å². The Morgan fingerprint density at radius 3 is 2.21 bits per heavy atom. The van der Waals surface area contributed by atoms with Crippen molar-refractivity contribution in [1.29, 1.82) is 0 Å². The molecule has 0 radical (unpaired) electrons. The van der Waals surface area contributed by atoms with Gasteiger partial charge in [-0.25, -0.2) is 4.79 Å². The highest BCUT2D eigenvalue weighted by atomic mass is 32.2. The van der Waals surface area contributed by atoms with Crippen molar-refractivity contribution in [3.8, 4) is 5.75 Å². The van der Waals surface area contributed by atoms with Gasteiger partial charge in [-0.15, -0.1) is 11.8 Å². The SMILES string of the molecule is CCOC(=O)c1ccccc1NC(=O)CSCC(=O)Nc1ccc(OC)cc1. The smallest absolute Gasteiger partial charge is 0.340 e. The summed E-state index contributed by atoms with van der Waals surface area (Å²) in [6.45, 7) is 1.97. The third kappa shape index (κ3) is 6.62. The van der Waals surface area contributed by atoms with Crippen molar-refractivity contribution in [1.82, 2.24) is 0 Å². The molecule has 0 aliphatic heterocycles. The summed E-state index contributed by atoms with van der Waals surface area (Å²) in [5.41, 5.74) is 1.33. The van der Waals surface area contributed by atoms with Gasteiger partial charge in [-0.1, -0.05) is 12.1 Å². The predicted octanol–water partition coefficient (Wildman–Crippen LogP) is 3.18. The van der Waals surface area contributed by atoms with Crippen LogP contribution >= 0.6 is 11.8 Å². The van der Waals surface area contributed by atoms with E-state index in [-0.39, 0.29) is 29.9 Å². The largest absolute Gasteiger partial charge is 0.497 e. The van der Waals surface area contributed by atoms with Gasteiger partial charge in [-0.2, -0.15) is 0 Å². The van der Waals surface area contributed by atoms with Gasteiger partial charge in [0.05, 0.1) is 36.5 Å². The molecule has 148 valence electrons. The van der Waals surface area contributed by atoms with E-state index in [1.807, 2.05) is 0 Å². The number of hydrogen-bond acceptors (Lipinski definition) is 6. The Kier molecular flexibility index (Phi) is 8.36. The Morgan fingerprint density at radius 2 is 1.57 bits per heavy atom. The molecule has 0 saturated heterocycles. The Hall–Kier alpha value is -3.00. The minimum Gasteiger partial charge on any atom is -0.497 e. The zero-order valence-corrected chi connectivity index (χ0v) is 16.5. The lowest BCUT2D eigenvalue weighted by atomic mass is 10.2. The first-order valence-electron chi connectivity index (χ1n) is 8.61. The maximum Gasteiger partial charge on any atom is 0.340 e. The normalized spacial score (nSPS) is 10.1. The number of carbonyl (C=O) groups excluding carboxylic acids is 3. The molecule has 0 spiro atoms. The van der Waals surface area contributed by atoms with E-state index in [1.54, 1.807) is 62.6 Å². The van der Waals surface area contributed by atoms with Crippen molar-refractivity contribution in [3.63, 3.8) is 0 Å². The van der Waals surface area contributed by atoms with Gasteiger partial charge in [0, 0.05) is 5.69 Å². The number of anilines is 2. The standard InChI is InChI=1S/C20H22N2O5S/c1-3-27-20(25)16-6-4-5-7-17(16)22-19(24)13-28-12-18(23)21-14-8-10-15(26-2)11-9-14/h4-11H,3,12-13H2,1-2H3,(H,21,23)(H,22,24). The van der Waals surface area contributed by atoms with Gasteiger partial charge in [0.1, 0.15) is 5.75 Å². The number of para-hydroxylation sites is 1. The van der Waals surface area contributed by atoms with E-state index in [2.05, 4.69) is 10.6 Å². The zero-order valence-electron chi connectivity index (χ0n) is 15.7. The highest BCUT2D eigenvalue weighted by Crippen LogP contribution is 2.17. The van der Waals surface area contributed by atoms with Crippen LogP contribution in [0.15, 0.2) is 48.5 Å². The fraction of sp³-hybridized carbons (Fsp3) is 0.250. The average molecular weight is 402 g/mol. The number of carbonyl (C=O) groups is 3. The summed E-state index contributed by atoms with van der Waals surface area (Å²) >= 11 is 1.18. The molecule has 0 unspecified atom stereocenters. The van der Waals surface area contributed by atoms with E-state index in [4.69, 9.17) is 9.47 Å². The van der Waals surface area contributed by atoms with E-state index in [1.165, 1.54) is 11.8 Å². The summed E-state index contributed by atoms with van der Waals surface area (Å²) in [7, 11) is 1.57. The minimum absolute atomic E-state index is 0.0766. The number of hydrogen-bond donors (Lipinski definition) is 2. The molecule has 0 aliphatic carbocycles. The lowest BCUT2D eigenvalue weighted by molar-refractivity contribution is -0.114. The third-order valence-corrected chi connectivity index (χ3v) is 4.47. The molecule has 8 heteroatoms. The van der Waals surface area contributed by atoms with Crippen LogP contribution in [0.5, 0.6) is 5.75 Å². The van der Waals surface area contributed by atoms with Crippen LogP contribution < -0.4 is 15.4 Å². The molecular formula is C20H22N2O5S. The lowest BCUT2D eigenvalue weighted by Crippen LogP contribution is -2.20. The number of nitrogens with one attached hydrogen (secondary N) is 2. The molecule has 2 amide bonds. The first-order chi connectivity index (χ1) is 13.5. The molecule has 2 rings (SSSR count). The van der Waals surface area contributed by atoms with E-state index in [0.717, 1.165) is 0 Å². The summed E-state index contributed by atoms with van der Waals surface area (Å²) in [6, 6.07) is 13.6. The highest BCUT2D eigenvalue weighted by Gasteiger charge is 2.14. The van der Waals surface area contributed by atoms with Crippen molar-refractivity contribution >= 4 is 40.9 Å². The lowest BCUT2D eigenvalue weighted by Gasteiger charge is -2.10. The monoisotopic (exact) mass is 402 g/mol. The Bertz CT molecular complexity index is 824. The van der Waals surface area contributed by atoms with Crippen LogP contribution in [0.25, 0.3) is 0 Å². The molecule has 0 aliphatic rings. The topological polar surface area (TPSA) is 93.7 Å². The van der Waals surface area contributed by atoms with Crippen LogP contribution in [0.1, 0.15) is 17.3 Å². The molecule has 0 bridgehead atoms. The van der Waals surface area contributed by atoms with Crippen molar-refractivity contribution < 1.29 is 23.9 Å². The highest BCUT2D eigenvalue weighted by molar-refractivity contribution is 8.00. The number of rotatable bonds is 9. The number of methoxy groups -OCH3 is 1. The number of thioether (sulfide) groups is 1. The van der Waals surface area contributed by atoms with Crippen molar-refractivity contribution in [2.75, 3.05) is 35.9 Å². The van der Waals surface area contributed by atoms with Crippen LogP contribution in [-0.4, -0.2) is 43.0 Å². The maximum atomic E-state index is 12.1. The third-order valence-electron chi connectivity index (χ3n) is 3.54. The average Bonchev–Trinajstić information content (AvgIpc) is 2.69. The first kappa shape index (κ1) is 21.3. The Labute approximate surface area is 167 Å². The molecule has 0 saturated carbocycles. The second-order valence-electron chi connectivity index (χ2n) is 5.58. The molecule has 0 aromatic heterocycles. The fourth-order valence-electron chi connectivity index (χ4n) is 2.27. The summed E-state index contributed by atoms with van der Waals surface area (Å²) in [4.78, 5) is 36.0. The predicted molar refractivity (Wildman–Crippen MR) is 110 cm³/mol. The molecule has 2 N–H and O–H groups in total. The molecule has 0 fully saturated rings. The fourth-order valence-corrected chi connectivity index (χ4v) is 2.89. The number of amides is 2. The molecular weight excluding hydrogens is 380 g/mol. The van der Waals surface area contributed by atoms with Gasteiger partial charge in [0.2, 0.25) is 11.8 Å². The quantitative estimate of drug-likeness (QED) is 0.626. The van der Waals surface area contributed by atoms with Crippen molar-refractivity contribution in [2.24, 2.45) is 0 Å². The van der Waals surface area contributed by atoms with Gasteiger partial charge in [-0.3, -0.25) is 9.59 Å². The van der Waals surface area contributed by atoms with Crippen LogP contribution in [0.4, 0.5) is 11.4 Å². The Morgan fingerprint density at radius 1 is 0.929 bits per heavy atom. The second-order valence-corrected chi connectivity index (χ2v) is 6.57. The molecule has 0 heterocycles. The molecule has 28 heavy (non-hydrogen) atoms. The van der Waals surface area contributed by atoms with Gasteiger partial charge in [-0.05, 0) is 43.3 Å². The number of esters is 1. The summed E-state index contributed by atoms with van der Waals surface area (Å²) in [6.07, 6.45) is 0. The summed E-state index contributed by atoms with van der Waals surface area (Å²) < 4.78 is 10.0. The molecule has 0 atom stereocenters. The van der Waals surface area contributed by atoms with Crippen LogP contribution in [0.2, 0.25) is 0 Å². The minimum atomic E-state index is -0.495. The van der Waals surface area contributed by atoms with E-state index >= 15 is 0 Å². The van der Waals surface area contributed by atoms with Crippen LogP contribution in [-0.2, 0) is 14.3 Å². The van der Waals surface area contributed by atoms with Gasteiger partial charge < -0.3 is 20.1 Å². The second kappa shape index (κ2) is 11.0. The number of benzene rings is 2. The van der Waals surface area contributed by atoms with E-state index in [9.17, 15) is 14.4 Å². The number of ether oxygens (including phenoxy) is 2. The van der Waals surface area contributed by atoms with Crippen LogP contribution in [0.3, 0.4) is 0 Å². The van der Waals surface area contributed by atoms with Crippen molar-refractivity contribution in [3.05, 3.63) is 54.1 Å². The molecule has 2 aromatic rings. The van der Waals surface area contributed by atoms with Crippen molar-refractivity contribution in [2.45, 2.75) is 6.92 Å². The molecule has 7 nitrogen and oxygen atoms in total. The summed E-state index contributed by atoms with van der Waals surface area (Å²) in [5, 5.41) is 5.43. The van der Waals surface area contributed by atoms with E-state index < -0.39 is 5.97 Å². The Balaban J connectivity index is 1.79. The maximum absolute atomic E-state index is 12.1. The summed E-state index contributed by atoms with van der Waals surface area (Å²) in [5.74, 6) is -0.113. The van der Waals surface area contributed by atoms with Gasteiger partial charge in [0.15, 0.2) is 0 Å². The first-order valence-corrected chi connectivity index (χ1v) is 9.76. The van der Waals surface area contributed by atoms with E-state index in [0.29, 0.717) is 22.7 Å². The molecule has 2 aromatic carbocycles.